The summed E-state index contributed by atoms with van der Waals surface area (Å²) in [4.78, 5) is 11.9. The lowest BCUT2D eigenvalue weighted by atomic mass is 10.1. The van der Waals surface area contributed by atoms with Crippen LogP contribution in [0, 0.1) is 0 Å². The molecule has 2 N–H and O–H groups in total. The van der Waals surface area contributed by atoms with Crippen LogP contribution in [0.1, 0.15) is 12.8 Å². The fourth-order valence-electron chi connectivity index (χ4n) is 3.97. The van der Waals surface area contributed by atoms with E-state index in [-0.39, 0.29) is 6.61 Å². The van der Waals surface area contributed by atoms with E-state index >= 15 is 0 Å². The largest absolute Gasteiger partial charge is 0.491 e. The number of benzene rings is 1. The van der Waals surface area contributed by atoms with E-state index in [9.17, 15) is 5.11 Å². The number of aromatic nitrogens is 4. The quantitative estimate of drug-likeness (QED) is 0.476. The zero-order chi connectivity index (χ0) is 24.1. The van der Waals surface area contributed by atoms with Crippen molar-refractivity contribution in [2.45, 2.75) is 25.0 Å². The van der Waals surface area contributed by atoms with Crippen LogP contribution in [-0.4, -0.2) is 77.5 Å². The number of aliphatic hydroxyl groups is 1. The molecule has 0 amide bonds. The van der Waals surface area contributed by atoms with Crippen LogP contribution in [0.4, 0.5) is 5.82 Å². The van der Waals surface area contributed by atoms with Gasteiger partial charge in [0.15, 0.2) is 5.82 Å². The zero-order valence-corrected chi connectivity index (χ0v) is 20.5. The Kier molecular flexibility index (Phi) is 7.99. The molecular formula is C24H31ClN6O3. The van der Waals surface area contributed by atoms with Gasteiger partial charge in [0.2, 0.25) is 0 Å². The van der Waals surface area contributed by atoms with Crippen molar-refractivity contribution >= 4 is 17.4 Å². The van der Waals surface area contributed by atoms with E-state index in [1.165, 1.54) is 0 Å². The van der Waals surface area contributed by atoms with Crippen LogP contribution in [-0.2, 0) is 11.8 Å². The fourth-order valence-corrected chi connectivity index (χ4v) is 4.19. The van der Waals surface area contributed by atoms with E-state index < -0.39 is 6.10 Å². The Morgan fingerprint density at radius 3 is 2.74 bits per heavy atom. The van der Waals surface area contributed by atoms with Crippen molar-refractivity contribution in [2.75, 3.05) is 45.4 Å². The second-order valence-corrected chi connectivity index (χ2v) is 8.93. The van der Waals surface area contributed by atoms with Crippen LogP contribution in [0.3, 0.4) is 0 Å². The van der Waals surface area contributed by atoms with Crippen LogP contribution in [0.25, 0.3) is 22.6 Å². The van der Waals surface area contributed by atoms with E-state index in [4.69, 9.17) is 31.0 Å². The van der Waals surface area contributed by atoms with Gasteiger partial charge in [-0.15, -0.1) is 0 Å². The first-order valence-corrected chi connectivity index (χ1v) is 11.8. The van der Waals surface area contributed by atoms with Gasteiger partial charge in [-0.25, -0.2) is 9.97 Å². The lowest BCUT2D eigenvalue weighted by Gasteiger charge is -2.32. The van der Waals surface area contributed by atoms with Crippen molar-refractivity contribution < 1.29 is 14.6 Å². The van der Waals surface area contributed by atoms with Crippen LogP contribution < -0.4 is 15.0 Å². The van der Waals surface area contributed by atoms with E-state index in [1.807, 2.05) is 31.4 Å². The average Bonchev–Trinajstić information content (AvgIpc) is 3.29. The van der Waals surface area contributed by atoms with Gasteiger partial charge in [0.25, 0.3) is 0 Å². The normalized spacial score (nSPS) is 15.3. The molecule has 1 aromatic carbocycles. The first-order valence-electron chi connectivity index (χ1n) is 11.4. The molecule has 10 heteroatoms. The predicted octanol–water partition coefficient (Wildman–Crippen LogP) is 2.77. The molecule has 9 nitrogen and oxygen atoms in total. The maximum atomic E-state index is 9.98. The van der Waals surface area contributed by atoms with Crippen LogP contribution >= 0.6 is 11.6 Å². The highest BCUT2D eigenvalue weighted by Crippen LogP contribution is 2.31. The number of nitrogens with one attached hydrogen (secondary N) is 1. The van der Waals surface area contributed by atoms with Crippen molar-refractivity contribution in [3.63, 3.8) is 0 Å². The number of anilines is 1. The minimum atomic E-state index is -0.627. The predicted molar refractivity (Wildman–Crippen MR) is 132 cm³/mol. The Labute approximate surface area is 204 Å². The maximum Gasteiger partial charge on any atom is 0.162 e. The van der Waals surface area contributed by atoms with Crippen molar-refractivity contribution in [2.24, 2.45) is 7.05 Å². The van der Waals surface area contributed by atoms with Crippen molar-refractivity contribution in [3.8, 4) is 28.4 Å². The molecule has 3 heterocycles. The molecule has 0 saturated carbocycles. The Morgan fingerprint density at radius 2 is 2.03 bits per heavy atom. The molecule has 2 aromatic heterocycles. The highest BCUT2D eigenvalue weighted by atomic mass is 35.5. The van der Waals surface area contributed by atoms with E-state index in [2.05, 4.69) is 22.4 Å². The smallest absolute Gasteiger partial charge is 0.162 e. The Morgan fingerprint density at radius 1 is 1.24 bits per heavy atom. The highest BCUT2D eigenvalue weighted by Gasteiger charge is 2.22. The average molecular weight is 487 g/mol. The molecule has 3 aromatic rings. The molecule has 1 fully saturated rings. The first kappa shape index (κ1) is 24.4. The van der Waals surface area contributed by atoms with Gasteiger partial charge in [0, 0.05) is 68.3 Å². The van der Waals surface area contributed by atoms with Crippen LogP contribution in [0.5, 0.6) is 5.75 Å². The fraction of sp³-hybridized carbons (Fsp3) is 0.458. The molecule has 0 aliphatic carbocycles. The van der Waals surface area contributed by atoms with Crippen LogP contribution in [0.15, 0.2) is 36.7 Å². The third-order valence-electron chi connectivity index (χ3n) is 5.82. The second kappa shape index (κ2) is 11.1. The molecule has 1 atom stereocenters. The topological polar surface area (TPSA) is 97.6 Å². The Balaban J connectivity index is 1.70. The summed E-state index contributed by atoms with van der Waals surface area (Å²) in [7, 11) is 5.72. The van der Waals surface area contributed by atoms with Crippen LogP contribution in [0.2, 0.25) is 5.02 Å². The summed E-state index contributed by atoms with van der Waals surface area (Å²) >= 11 is 6.41. The van der Waals surface area contributed by atoms with E-state index in [0.717, 1.165) is 48.7 Å². The summed E-state index contributed by atoms with van der Waals surface area (Å²) in [5, 5.41) is 17.7. The lowest BCUT2D eigenvalue weighted by Crippen LogP contribution is -2.37. The summed E-state index contributed by atoms with van der Waals surface area (Å²) in [6, 6.07) is 7.71. The molecule has 4 rings (SSSR count). The molecule has 1 unspecified atom stereocenters. The maximum absolute atomic E-state index is 9.98. The van der Waals surface area contributed by atoms with E-state index in [0.29, 0.717) is 29.2 Å². The van der Waals surface area contributed by atoms with Gasteiger partial charge in [0.05, 0.1) is 11.9 Å². The third-order valence-corrected chi connectivity index (χ3v) is 6.04. The number of nitrogens with zero attached hydrogens (tertiary/aromatic N) is 5. The summed E-state index contributed by atoms with van der Waals surface area (Å²) in [6.45, 7) is 2.08. The number of aryl methyl sites for hydroxylation is 1. The molecule has 34 heavy (non-hydrogen) atoms. The second-order valence-electron chi connectivity index (χ2n) is 8.49. The number of aliphatic hydroxyl groups excluding tert-OH is 1. The van der Waals surface area contributed by atoms with Gasteiger partial charge in [-0.3, -0.25) is 4.68 Å². The molecule has 0 radical (unpaired) electrons. The minimum absolute atomic E-state index is 0.148. The molecule has 182 valence electrons. The number of rotatable bonds is 9. The van der Waals surface area contributed by atoms with Gasteiger partial charge in [0.1, 0.15) is 24.3 Å². The van der Waals surface area contributed by atoms with E-state index in [1.54, 1.807) is 24.0 Å². The molecule has 0 bridgehead atoms. The molecule has 0 spiro atoms. The molecule has 1 aliphatic rings. The summed E-state index contributed by atoms with van der Waals surface area (Å²) in [6.07, 6.45) is 4.99. The van der Waals surface area contributed by atoms with Gasteiger partial charge in [-0.1, -0.05) is 11.6 Å². The molecular weight excluding hydrogens is 456 g/mol. The summed E-state index contributed by atoms with van der Waals surface area (Å²) < 4.78 is 13.1. The third kappa shape index (κ3) is 6.04. The van der Waals surface area contributed by atoms with Gasteiger partial charge >= 0.3 is 0 Å². The molecule has 1 saturated heterocycles. The van der Waals surface area contributed by atoms with Gasteiger partial charge in [-0.2, -0.15) is 5.10 Å². The standard InChI is InChI=1S/C24H31ClN6O3/c1-26-13-20(32)15-34-21-9-16(8-18(25)10-21)24-28-22(17-12-27-30(2)14-17)11-23(29-24)31(3)19-4-6-33-7-5-19/h8-12,14,19-20,26,32H,4-7,13,15H2,1-3H3. The summed E-state index contributed by atoms with van der Waals surface area (Å²) in [5.41, 5.74) is 2.42. The molecule has 1 aliphatic heterocycles. The monoisotopic (exact) mass is 486 g/mol. The highest BCUT2D eigenvalue weighted by molar-refractivity contribution is 6.31. The van der Waals surface area contributed by atoms with Gasteiger partial charge < -0.3 is 24.8 Å². The Hall–Kier alpha value is -2.72. The first-order chi connectivity index (χ1) is 16.4. The number of likely N-dealkylation sites (N-methyl/N-ethyl adjacent to an activating group) is 1. The lowest BCUT2D eigenvalue weighted by molar-refractivity contribution is 0.0853. The van der Waals surface area contributed by atoms with Crippen molar-refractivity contribution in [3.05, 3.63) is 41.7 Å². The van der Waals surface area contributed by atoms with Crippen molar-refractivity contribution in [1.82, 2.24) is 25.1 Å². The minimum Gasteiger partial charge on any atom is -0.491 e. The number of hydrogen-bond donors (Lipinski definition) is 2. The number of halogens is 1. The number of ether oxygens (including phenoxy) is 2. The Bertz CT molecular complexity index is 1100. The zero-order valence-electron chi connectivity index (χ0n) is 19.7. The van der Waals surface area contributed by atoms with Gasteiger partial charge in [-0.05, 0) is 38.1 Å². The number of hydrogen-bond acceptors (Lipinski definition) is 8. The SMILES string of the molecule is CNCC(O)COc1cc(Cl)cc(-c2nc(-c3cnn(C)c3)cc(N(C)C3CCOCC3)n2)c1. The van der Waals surface area contributed by atoms with Crippen molar-refractivity contribution in [1.29, 1.82) is 0 Å². The summed E-state index contributed by atoms with van der Waals surface area (Å²) in [5.74, 6) is 1.91.